The molecule has 1 atom stereocenters. The van der Waals surface area contributed by atoms with E-state index in [1.165, 1.54) is 0 Å². The molecular formula is C19H19FN6O2. The number of amides is 2. The number of hydrogen-bond acceptors (Lipinski definition) is 6. The van der Waals surface area contributed by atoms with E-state index in [0.717, 1.165) is 17.0 Å². The second-order valence-corrected chi connectivity index (χ2v) is 6.09. The molecule has 0 aliphatic rings. The molecule has 0 bridgehead atoms. The lowest BCUT2D eigenvalue weighted by Gasteiger charge is -2.17. The molecule has 2 heterocycles. The van der Waals surface area contributed by atoms with Crippen molar-refractivity contribution in [2.45, 2.75) is 19.4 Å². The Balaban J connectivity index is 2.06. The number of aromatic nitrogens is 2. The molecule has 2 amide bonds. The summed E-state index contributed by atoms with van der Waals surface area (Å²) >= 11 is 0. The van der Waals surface area contributed by atoms with Crippen LogP contribution in [0.2, 0.25) is 0 Å². The molecule has 6 N–H and O–H groups in total. The van der Waals surface area contributed by atoms with Crippen molar-refractivity contribution in [1.82, 2.24) is 9.97 Å². The van der Waals surface area contributed by atoms with Crippen LogP contribution in [0.4, 0.5) is 21.7 Å². The SMILES string of the molecule is CC[C@@H](Nc1nc(Nc2cccc3ncccc23)c(C(N)=O)cc1F)C(N)=O. The van der Waals surface area contributed by atoms with E-state index in [2.05, 4.69) is 20.6 Å². The van der Waals surface area contributed by atoms with Crippen molar-refractivity contribution in [2.24, 2.45) is 11.5 Å². The first-order valence-corrected chi connectivity index (χ1v) is 8.57. The number of hydrogen-bond donors (Lipinski definition) is 4. The number of fused-ring (bicyclic) bond motifs is 1. The van der Waals surface area contributed by atoms with E-state index < -0.39 is 23.7 Å². The predicted molar refractivity (Wildman–Crippen MR) is 105 cm³/mol. The number of nitrogens with one attached hydrogen (secondary N) is 2. The van der Waals surface area contributed by atoms with Crippen LogP contribution in [-0.4, -0.2) is 27.8 Å². The quantitative estimate of drug-likeness (QED) is 0.495. The van der Waals surface area contributed by atoms with Crippen molar-refractivity contribution in [3.63, 3.8) is 0 Å². The highest BCUT2D eigenvalue weighted by Crippen LogP contribution is 2.28. The van der Waals surface area contributed by atoms with E-state index >= 15 is 0 Å². The van der Waals surface area contributed by atoms with E-state index in [-0.39, 0.29) is 17.2 Å². The first kappa shape index (κ1) is 19.0. The lowest BCUT2D eigenvalue weighted by Crippen LogP contribution is -2.35. The van der Waals surface area contributed by atoms with Crippen LogP contribution >= 0.6 is 0 Å². The van der Waals surface area contributed by atoms with Gasteiger partial charge >= 0.3 is 0 Å². The molecule has 0 saturated heterocycles. The second kappa shape index (κ2) is 7.87. The minimum absolute atomic E-state index is 0.0482. The van der Waals surface area contributed by atoms with Crippen LogP contribution in [0.25, 0.3) is 10.9 Å². The molecule has 0 aliphatic carbocycles. The van der Waals surface area contributed by atoms with Crippen molar-refractivity contribution >= 4 is 40.0 Å². The Hall–Kier alpha value is -3.75. The Morgan fingerprint density at radius 1 is 1.18 bits per heavy atom. The van der Waals surface area contributed by atoms with Crippen LogP contribution in [0.3, 0.4) is 0 Å². The third kappa shape index (κ3) is 3.83. The molecule has 0 spiro atoms. The number of benzene rings is 1. The summed E-state index contributed by atoms with van der Waals surface area (Å²) in [6, 6.07) is 9.16. The van der Waals surface area contributed by atoms with Gasteiger partial charge in [-0.15, -0.1) is 0 Å². The number of nitrogens with zero attached hydrogens (tertiary/aromatic N) is 2. The number of carbonyl (C=O) groups is 2. The summed E-state index contributed by atoms with van der Waals surface area (Å²) in [7, 11) is 0. The summed E-state index contributed by atoms with van der Waals surface area (Å²) in [4.78, 5) is 31.7. The largest absolute Gasteiger partial charge is 0.368 e. The molecule has 1 aromatic carbocycles. The lowest BCUT2D eigenvalue weighted by atomic mass is 10.1. The van der Waals surface area contributed by atoms with Crippen molar-refractivity contribution in [2.75, 3.05) is 10.6 Å². The van der Waals surface area contributed by atoms with Gasteiger partial charge in [-0.25, -0.2) is 9.37 Å². The zero-order valence-electron chi connectivity index (χ0n) is 15.1. The van der Waals surface area contributed by atoms with Crippen LogP contribution < -0.4 is 22.1 Å². The number of rotatable bonds is 7. The summed E-state index contributed by atoms with van der Waals surface area (Å²) < 4.78 is 14.4. The van der Waals surface area contributed by atoms with Crippen molar-refractivity contribution in [1.29, 1.82) is 0 Å². The summed E-state index contributed by atoms with van der Waals surface area (Å²) in [6.45, 7) is 1.72. The number of pyridine rings is 2. The smallest absolute Gasteiger partial charge is 0.252 e. The zero-order valence-corrected chi connectivity index (χ0v) is 15.1. The Morgan fingerprint density at radius 3 is 2.64 bits per heavy atom. The summed E-state index contributed by atoms with van der Waals surface area (Å²) in [5, 5.41) is 6.45. The molecule has 144 valence electrons. The van der Waals surface area contributed by atoms with Gasteiger partial charge in [0, 0.05) is 17.3 Å². The highest BCUT2D eigenvalue weighted by atomic mass is 19.1. The zero-order chi connectivity index (χ0) is 20.3. The third-order valence-corrected chi connectivity index (χ3v) is 4.20. The number of carbonyl (C=O) groups excluding carboxylic acids is 2. The molecule has 9 heteroatoms. The Morgan fingerprint density at radius 2 is 1.96 bits per heavy atom. The van der Waals surface area contributed by atoms with Gasteiger partial charge in [0.25, 0.3) is 5.91 Å². The van der Waals surface area contributed by atoms with E-state index in [1.54, 1.807) is 31.3 Å². The number of primary amides is 2. The molecule has 0 radical (unpaired) electrons. The maximum Gasteiger partial charge on any atom is 0.252 e. The van der Waals surface area contributed by atoms with Crippen molar-refractivity contribution in [3.05, 3.63) is 54.0 Å². The lowest BCUT2D eigenvalue weighted by molar-refractivity contribution is -0.118. The first-order chi connectivity index (χ1) is 13.4. The Labute approximate surface area is 160 Å². The van der Waals surface area contributed by atoms with Crippen LogP contribution in [0.5, 0.6) is 0 Å². The molecule has 0 saturated carbocycles. The fourth-order valence-electron chi connectivity index (χ4n) is 2.75. The third-order valence-electron chi connectivity index (χ3n) is 4.20. The van der Waals surface area contributed by atoms with Gasteiger partial charge in [0.05, 0.1) is 11.1 Å². The van der Waals surface area contributed by atoms with Gasteiger partial charge in [0.15, 0.2) is 11.6 Å². The van der Waals surface area contributed by atoms with E-state index in [0.29, 0.717) is 12.1 Å². The van der Waals surface area contributed by atoms with Crippen LogP contribution in [-0.2, 0) is 4.79 Å². The summed E-state index contributed by atoms with van der Waals surface area (Å²) in [5.74, 6) is -2.47. The van der Waals surface area contributed by atoms with Gasteiger partial charge in [-0.05, 0) is 36.8 Å². The summed E-state index contributed by atoms with van der Waals surface area (Å²) in [6.07, 6.45) is 2.00. The van der Waals surface area contributed by atoms with Gasteiger partial charge in [-0.3, -0.25) is 14.6 Å². The highest BCUT2D eigenvalue weighted by molar-refractivity contribution is 6.00. The van der Waals surface area contributed by atoms with Crippen LogP contribution in [0, 0.1) is 5.82 Å². The van der Waals surface area contributed by atoms with Gasteiger partial charge < -0.3 is 22.1 Å². The molecule has 0 unspecified atom stereocenters. The maximum absolute atomic E-state index is 14.4. The normalized spacial score (nSPS) is 11.8. The Kier molecular flexibility index (Phi) is 5.35. The van der Waals surface area contributed by atoms with Gasteiger partial charge in [0.1, 0.15) is 11.9 Å². The molecular weight excluding hydrogens is 363 g/mol. The second-order valence-electron chi connectivity index (χ2n) is 6.09. The topological polar surface area (TPSA) is 136 Å². The Bertz CT molecular complexity index is 1050. The fourth-order valence-corrected chi connectivity index (χ4v) is 2.75. The molecule has 0 aliphatic heterocycles. The monoisotopic (exact) mass is 382 g/mol. The minimum atomic E-state index is -0.847. The van der Waals surface area contributed by atoms with Crippen LogP contribution in [0.15, 0.2) is 42.6 Å². The first-order valence-electron chi connectivity index (χ1n) is 8.57. The van der Waals surface area contributed by atoms with Crippen molar-refractivity contribution in [3.8, 4) is 0 Å². The number of nitrogens with two attached hydrogens (primary N) is 2. The molecule has 3 aromatic rings. The molecule has 0 fully saturated rings. The van der Waals surface area contributed by atoms with E-state index in [1.807, 2.05) is 12.1 Å². The van der Waals surface area contributed by atoms with Crippen molar-refractivity contribution < 1.29 is 14.0 Å². The van der Waals surface area contributed by atoms with E-state index in [4.69, 9.17) is 11.5 Å². The van der Waals surface area contributed by atoms with Crippen LogP contribution in [0.1, 0.15) is 23.7 Å². The average molecular weight is 382 g/mol. The predicted octanol–water partition coefficient (Wildman–Crippen LogP) is 2.29. The van der Waals surface area contributed by atoms with Gasteiger partial charge in [-0.2, -0.15) is 0 Å². The van der Waals surface area contributed by atoms with E-state index in [9.17, 15) is 14.0 Å². The minimum Gasteiger partial charge on any atom is -0.368 e. The average Bonchev–Trinajstić information content (AvgIpc) is 2.67. The van der Waals surface area contributed by atoms with Gasteiger partial charge in [-0.1, -0.05) is 13.0 Å². The fraction of sp³-hybridized carbons (Fsp3) is 0.158. The molecule has 2 aromatic heterocycles. The molecule has 3 rings (SSSR count). The molecule has 8 nitrogen and oxygen atoms in total. The standard InChI is InChI=1S/C19H19FN6O2/c1-2-13(17(22)28)24-19-12(20)9-11(16(21)27)18(26-19)25-15-7-3-6-14-10(15)5-4-8-23-14/h3-9,13H,2H2,1H3,(H2,21,27)(H2,22,28)(H2,24,25,26)/t13-/m1/s1. The number of anilines is 3. The molecule has 28 heavy (non-hydrogen) atoms. The number of halogens is 1. The highest BCUT2D eigenvalue weighted by Gasteiger charge is 2.20. The maximum atomic E-state index is 14.4. The van der Waals surface area contributed by atoms with Gasteiger partial charge in [0.2, 0.25) is 5.91 Å². The summed E-state index contributed by atoms with van der Waals surface area (Å²) in [5.41, 5.74) is 11.9.